The molecular formula is C19H21N3O3. The summed E-state index contributed by atoms with van der Waals surface area (Å²) in [6.45, 7) is -0.234. The largest absolute Gasteiger partial charge is 0.378 e. The van der Waals surface area contributed by atoms with E-state index in [1.807, 2.05) is 11.0 Å². The van der Waals surface area contributed by atoms with Gasteiger partial charge in [0.1, 0.15) is 17.3 Å². The van der Waals surface area contributed by atoms with E-state index < -0.39 is 12.5 Å². The van der Waals surface area contributed by atoms with Crippen LogP contribution in [0.3, 0.4) is 0 Å². The lowest BCUT2D eigenvalue weighted by molar-refractivity contribution is -0.114. The number of hydrogen-bond donors (Lipinski definition) is 0. The highest BCUT2D eigenvalue weighted by molar-refractivity contribution is 6.10. The first-order chi connectivity index (χ1) is 13.1. The molecule has 1 aliphatic heterocycles. The molecule has 0 atom stereocenters. The zero-order valence-corrected chi connectivity index (χ0v) is 14.3. The highest BCUT2D eigenvalue weighted by atomic mass is 16.5. The Morgan fingerprint density at radius 1 is 1.48 bits per heavy atom. The molecule has 1 aromatic heterocycles. The van der Waals surface area contributed by atoms with Crippen LogP contribution >= 0.6 is 0 Å². The molecule has 2 heterocycles. The fourth-order valence-electron chi connectivity index (χ4n) is 3.31. The van der Waals surface area contributed by atoms with Gasteiger partial charge in [0.05, 0.1) is 11.3 Å². The zero-order chi connectivity index (χ0) is 20.7. The lowest BCUT2D eigenvalue weighted by Gasteiger charge is -2.41. The molecule has 0 unspecified atom stereocenters. The predicted molar refractivity (Wildman–Crippen MR) is 91.7 cm³/mol. The highest BCUT2D eigenvalue weighted by Gasteiger charge is 2.35. The summed E-state index contributed by atoms with van der Waals surface area (Å²) in [6.07, 6.45) is 2.02. The molecule has 3 rings (SSSR count). The average molecular weight is 342 g/mol. The van der Waals surface area contributed by atoms with Gasteiger partial charge >= 0.3 is 0 Å². The smallest absolute Gasteiger partial charge is 0.179 e. The Balaban J connectivity index is 2.03. The number of carbonyl (C=O) groups is 2. The summed E-state index contributed by atoms with van der Waals surface area (Å²) < 4.78 is 28.8. The van der Waals surface area contributed by atoms with Crippen LogP contribution in [0.15, 0.2) is 17.8 Å². The van der Waals surface area contributed by atoms with Gasteiger partial charge in [-0.25, -0.2) is 0 Å². The van der Waals surface area contributed by atoms with Crippen LogP contribution in [0.25, 0.3) is 5.70 Å². The van der Waals surface area contributed by atoms with Gasteiger partial charge in [-0.15, -0.1) is 0 Å². The molecule has 1 fully saturated rings. The molecule has 130 valence electrons. The van der Waals surface area contributed by atoms with E-state index in [0.29, 0.717) is 29.9 Å². The summed E-state index contributed by atoms with van der Waals surface area (Å²) in [5.41, 5.74) is 0.786. The van der Waals surface area contributed by atoms with Crippen molar-refractivity contribution in [1.29, 1.82) is 5.26 Å². The van der Waals surface area contributed by atoms with Crippen LogP contribution < -0.4 is 0 Å². The fraction of sp³-hybridized carbons (Fsp3) is 0.474. The molecule has 25 heavy (non-hydrogen) atoms. The molecule has 0 N–H and O–H groups in total. The Kier molecular flexibility index (Phi) is 3.52. The second-order valence-corrected chi connectivity index (χ2v) is 6.40. The number of fused-ring (bicyclic) bond motifs is 1. The number of nitrogens with zero attached hydrogens (tertiary/aromatic N) is 3. The van der Waals surface area contributed by atoms with Crippen molar-refractivity contribution in [3.05, 3.63) is 34.7 Å². The van der Waals surface area contributed by atoms with Crippen molar-refractivity contribution in [2.24, 2.45) is 0 Å². The fourth-order valence-corrected chi connectivity index (χ4v) is 3.31. The standard InChI is InChI=1S/C19H21N3O3/c1-12(23)16-9-14-13(11-21-16)8-17(24)15(10-20)18(14)22-6-4-19(2,25-3)5-7-22/h9,11H,4-8H2,1-3H3/i2D3. The molecule has 0 radical (unpaired) electrons. The molecule has 0 amide bonds. The second kappa shape index (κ2) is 6.41. The number of carbonyl (C=O) groups excluding carboxylic acids is 2. The predicted octanol–water partition coefficient (Wildman–Crippen LogP) is 2.14. The molecule has 1 saturated heterocycles. The maximum Gasteiger partial charge on any atom is 0.179 e. The number of ketones is 2. The summed E-state index contributed by atoms with van der Waals surface area (Å²) in [5.74, 6) is -0.515. The number of rotatable bonds is 3. The van der Waals surface area contributed by atoms with Gasteiger partial charge in [-0.05, 0) is 31.3 Å². The van der Waals surface area contributed by atoms with E-state index in [-0.39, 0.29) is 42.1 Å². The van der Waals surface area contributed by atoms with E-state index in [0.717, 1.165) is 0 Å². The maximum atomic E-state index is 12.5. The second-order valence-electron chi connectivity index (χ2n) is 6.40. The lowest BCUT2D eigenvalue weighted by Crippen LogP contribution is -2.43. The van der Waals surface area contributed by atoms with E-state index in [2.05, 4.69) is 4.98 Å². The van der Waals surface area contributed by atoms with Crippen LogP contribution in [0, 0.1) is 11.3 Å². The number of ether oxygens (including phenoxy) is 1. The van der Waals surface area contributed by atoms with Crippen LogP contribution in [0.5, 0.6) is 0 Å². The van der Waals surface area contributed by atoms with Gasteiger partial charge in [-0.1, -0.05) is 0 Å². The number of hydrogen-bond acceptors (Lipinski definition) is 6. The van der Waals surface area contributed by atoms with E-state index >= 15 is 0 Å². The minimum Gasteiger partial charge on any atom is -0.378 e. The van der Waals surface area contributed by atoms with E-state index in [1.165, 1.54) is 20.2 Å². The number of piperidine rings is 1. The monoisotopic (exact) mass is 342 g/mol. The Labute approximate surface area is 151 Å². The van der Waals surface area contributed by atoms with Gasteiger partial charge in [0.2, 0.25) is 0 Å². The summed E-state index contributed by atoms with van der Waals surface area (Å²) in [4.78, 5) is 30.2. The van der Waals surface area contributed by atoms with Crippen LogP contribution in [0.2, 0.25) is 0 Å². The molecule has 0 aromatic carbocycles. The number of Topliss-reactive ketones (excluding diaryl/α,β-unsaturated/α-hetero) is 2. The molecule has 6 heteroatoms. The first-order valence-electron chi connectivity index (χ1n) is 9.61. The first kappa shape index (κ1) is 13.7. The molecule has 1 aromatic rings. The number of aromatic nitrogens is 1. The first-order valence-corrected chi connectivity index (χ1v) is 8.11. The highest BCUT2D eigenvalue weighted by Crippen LogP contribution is 2.36. The summed E-state index contributed by atoms with van der Waals surface area (Å²) in [6, 6.07) is 3.61. The summed E-state index contributed by atoms with van der Waals surface area (Å²) in [5, 5.41) is 9.59. The Hall–Kier alpha value is -2.52. The molecule has 0 saturated carbocycles. The zero-order valence-electron chi connectivity index (χ0n) is 17.3. The van der Waals surface area contributed by atoms with Gasteiger partial charge in [0.15, 0.2) is 11.6 Å². The van der Waals surface area contributed by atoms with Crippen molar-refractivity contribution in [2.45, 2.75) is 38.6 Å². The van der Waals surface area contributed by atoms with Gasteiger partial charge < -0.3 is 9.64 Å². The van der Waals surface area contributed by atoms with Crippen LogP contribution in [0.1, 0.15) is 52.3 Å². The Morgan fingerprint density at radius 3 is 2.76 bits per heavy atom. The van der Waals surface area contributed by atoms with E-state index in [9.17, 15) is 14.9 Å². The van der Waals surface area contributed by atoms with Gasteiger partial charge in [-0.3, -0.25) is 14.6 Å². The molecule has 2 aliphatic rings. The minimum absolute atomic E-state index is 0.0343. The number of pyridine rings is 1. The molecular weight excluding hydrogens is 318 g/mol. The third-order valence-electron chi connectivity index (χ3n) is 4.86. The Bertz CT molecular complexity index is 907. The van der Waals surface area contributed by atoms with E-state index in [4.69, 9.17) is 8.85 Å². The number of allylic oxidation sites excluding steroid dienone is 1. The average Bonchev–Trinajstić information content (AvgIpc) is 2.65. The van der Waals surface area contributed by atoms with Crippen molar-refractivity contribution < 1.29 is 18.4 Å². The SMILES string of the molecule is [2H]C([2H])([2H])C1(OC)CCN(C2=C(C#N)C(=O)Cc3cnc(C(C)=O)cc32)CC1. The van der Waals surface area contributed by atoms with Crippen molar-refractivity contribution in [3.8, 4) is 6.07 Å². The molecule has 0 spiro atoms. The molecule has 1 aliphatic carbocycles. The molecule has 6 nitrogen and oxygen atoms in total. The third-order valence-corrected chi connectivity index (χ3v) is 4.86. The van der Waals surface area contributed by atoms with Crippen molar-refractivity contribution in [2.75, 3.05) is 20.2 Å². The third kappa shape index (κ3) is 3.08. The quantitative estimate of drug-likeness (QED) is 0.783. The van der Waals surface area contributed by atoms with Gasteiger partial charge in [0.25, 0.3) is 0 Å². The van der Waals surface area contributed by atoms with E-state index in [1.54, 1.807) is 6.07 Å². The summed E-state index contributed by atoms with van der Waals surface area (Å²) >= 11 is 0. The molecule has 0 bridgehead atoms. The minimum atomic E-state index is -2.27. The van der Waals surface area contributed by atoms with Crippen LogP contribution in [-0.2, 0) is 16.0 Å². The Morgan fingerprint density at radius 2 is 2.20 bits per heavy atom. The van der Waals surface area contributed by atoms with Gasteiger partial charge in [-0.2, -0.15) is 5.26 Å². The van der Waals surface area contributed by atoms with Crippen LogP contribution in [-0.4, -0.2) is 47.3 Å². The van der Waals surface area contributed by atoms with Crippen molar-refractivity contribution >= 4 is 17.3 Å². The van der Waals surface area contributed by atoms with Crippen LogP contribution in [0.4, 0.5) is 0 Å². The number of likely N-dealkylation sites (tertiary alicyclic amines) is 1. The number of nitriles is 1. The lowest BCUT2D eigenvalue weighted by atomic mass is 9.86. The normalized spacial score (nSPS) is 21.7. The number of methoxy groups -OCH3 is 1. The maximum absolute atomic E-state index is 12.5. The van der Waals surface area contributed by atoms with Crippen molar-refractivity contribution in [3.63, 3.8) is 0 Å². The summed E-state index contributed by atoms with van der Waals surface area (Å²) in [7, 11) is 1.40. The van der Waals surface area contributed by atoms with Crippen molar-refractivity contribution in [1.82, 2.24) is 9.88 Å². The topological polar surface area (TPSA) is 83.3 Å². The van der Waals surface area contributed by atoms with Gasteiger partial charge in [0, 0.05) is 49.4 Å².